The molecule has 1 aliphatic rings. The molecule has 152 valence electrons. The SMILES string of the molecule is CCc1ccc(-c2cc(=O)oc3cc(O[C@H](C)C(C)=O)ccc23)c(C2CC[I-]2)c1. The molecule has 0 aliphatic carbocycles. The molecule has 1 saturated heterocycles. The van der Waals surface area contributed by atoms with Gasteiger partial charge in [-0.1, -0.05) is 0 Å². The molecule has 2 atom stereocenters. The zero-order chi connectivity index (χ0) is 20.5. The van der Waals surface area contributed by atoms with E-state index in [2.05, 4.69) is 25.1 Å². The van der Waals surface area contributed by atoms with E-state index in [0.717, 1.165) is 22.9 Å². The van der Waals surface area contributed by atoms with Crippen LogP contribution in [0.4, 0.5) is 0 Å². The van der Waals surface area contributed by atoms with Crippen LogP contribution in [0.25, 0.3) is 22.1 Å². The first-order valence-corrected chi connectivity index (χ1v) is 12.7. The average molecular weight is 503 g/mol. The van der Waals surface area contributed by atoms with Gasteiger partial charge in [0.1, 0.15) is 0 Å². The predicted molar refractivity (Wildman–Crippen MR) is 110 cm³/mol. The van der Waals surface area contributed by atoms with Crippen molar-refractivity contribution in [1.29, 1.82) is 0 Å². The molecule has 4 nitrogen and oxygen atoms in total. The van der Waals surface area contributed by atoms with E-state index in [1.165, 1.54) is 28.9 Å². The Morgan fingerprint density at radius 3 is 2.66 bits per heavy atom. The van der Waals surface area contributed by atoms with E-state index in [1.807, 2.05) is 12.1 Å². The minimum atomic E-state index is -0.543. The number of alkyl halides is 2. The number of fused-ring (bicyclic) bond motifs is 1. The number of Topliss-reactive ketones (excluding diaryl/α,β-unsaturated/α-hetero) is 1. The number of carbonyl (C=O) groups excluding carboxylic acids is 1. The molecule has 0 N–H and O–H groups in total. The third-order valence-electron chi connectivity index (χ3n) is 5.41. The van der Waals surface area contributed by atoms with Crippen molar-refractivity contribution < 1.29 is 35.2 Å². The van der Waals surface area contributed by atoms with Crippen molar-refractivity contribution in [2.24, 2.45) is 0 Å². The summed E-state index contributed by atoms with van der Waals surface area (Å²) in [6.07, 6.45) is 1.71. The quantitative estimate of drug-likeness (QED) is 0.293. The van der Waals surface area contributed by atoms with Crippen LogP contribution in [0.2, 0.25) is 0 Å². The van der Waals surface area contributed by atoms with Crippen molar-refractivity contribution in [3.05, 3.63) is 64.0 Å². The summed E-state index contributed by atoms with van der Waals surface area (Å²) in [5.74, 6) is 0.469. The van der Waals surface area contributed by atoms with E-state index < -0.39 is 6.10 Å². The van der Waals surface area contributed by atoms with Gasteiger partial charge in [-0.05, 0) is 0 Å². The zero-order valence-electron chi connectivity index (χ0n) is 16.8. The summed E-state index contributed by atoms with van der Waals surface area (Å²) in [6.45, 7) is 5.38. The molecule has 0 radical (unpaired) electrons. The van der Waals surface area contributed by atoms with E-state index in [9.17, 15) is 9.59 Å². The Morgan fingerprint density at radius 1 is 1.21 bits per heavy atom. The Morgan fingerprint density at radius 2 is 2.00 bits per heavy atom. The third kappa shape index (κ3) is 4.10. The summed E-state index contributed by atoms with van der Waals surface area (Å²) in [5.41, 5.74) is 4.86. The Labute approximate surface area is 180 Å². The summed E-state index contributed by atoms with van der Waals surface area (Å²) >= 11 is 0.192. The fourth-order valence-corrected chi connectivity index (χ4v) is 5.76. The minimum absolute atomic E-state index is 0.0512. The van der Waals surface area contributed by atoms with Crippen LogP contribution >= 0.6 is 0 Å². The normalized spacial score (nSPS) is 17.3. The molecule has 0 saturated carbocycles. The number of benzene rings is 2. The van der Waals surface area contributed by atoms with Gasteiger partial charge in [0.15, 0.2) is 0 Å². The van der Waals surface area contributed by atoms with E-state index in [4.69, 9.17) is 9.15 Å². The first kappa shape index (κ1) is 20.1. The molecule has 0 bridgehead atoms. The fourth-order valence-electron chi connectivity index (χ4n) is 3.52. The monoisotopic (exact) mass is 503 g/mol. The van der Waals surface area contributed by atoms with Gasteiger partial charge in [-0.25, -0.2) is 0 Å². The maximum atomic E-state index is 12.4. The van der Waals surface area contributed by atoms with Crippen LogP contribution in [0.5, 0.6) is 5.75 Å². The summed E-state index contributed by atoms with van der Waals surface area (Å²) in [4.78, 5) is 23.8. The number of halogens is 1. The molecule has 3 aromatic rings. The predicted octanol–water partition coefficient (Wildman–Crippen LogP) is 1.91. The molecule has 5 heteroatoms. The molecular formula is C24H24IO4-. The zero-order valence-corrected chi connectivity index (χ0v) is 19.0. The molecular weight excluding hydrogens is 479 g/mol. The first-order valence-electron chi connectivity index (χ1n) is 9.92. The molecule has 2 heterocycles. The van der Waals surface area contributed by atoms with Crippen molar-refractivity contribution in [3.63, 3.8) is 0 Å². The molecule has 0 spiro atoms. The number of ether oxygens (including phenoxy) is 1. The van der Waals surface area contributed by atoms with Crippen molar-refractivity contribution >= 4 is 16.8 Å². The molecule has 1 aromatic heterocycles. The van der Waals surface area contributed by atoms with Gasteiger partial charge in [-0.2, -0.15) is 0 Å². The van der Waals surface area contributed by atoms with Crippen LogP contribution in [0, 0.1) is 0 Å². The Balaban J connectivity index is 1.84. The number of hydrogen-bond acceptors (Lipinski definition) is 4. The Kier molecular flexibility index (Phi) is 5.76. The topological polar surface area (TPSA) is 56.5 Å². The third-order valence-corrected chi connectivity index (χ3v) is 9.01. The van der Waals surface area contributed by atoms with Gasteiger partial charge in [0, 0.05) is 0 Å². The number of aryl methyl sites for hydroxylation is 1. The van der Waals surface area contributed by atoms with Crippen molar-refractivity contribution in [2.45, 2.75) is 43.6 Å². The summed E-state index contributed by atoms with van der Waals surface area (Å²) < 4.78 is 13.2. The van der Waals surface area contributed by atoms with Gasteiger partial charge in [-0.15, -0.1) is 0 Å². The first-order chi connectivity index (χ1) is 14.0. The van der Waals surface area contributed by atoms with Crippen molar-refractivity contribution in [3.8, 4) is 16.9 Å². The van der Waals surface area contributed by atoms with Gasteiger partial charge in [0.25, 0.3) is 0 Å². The van der Waals surface area contributed by atoms with E-state index in [0.29, 0.717) is 15.3 Å². The number of ketones is 1. The summed E-state index contributed by atoms with van der Waals surface area (Å²) in [6, 6.07) is 13.7. The molecule has 1 aliphatic heterocycles. The van der Waals surface area contributed by atoms with Crippen LogP contribution in [0.15, 0.2) is 51.7 Å². The van der Waals surface area contributed by atoms with Crippen LogP contribution in [0.1, 0.15) is 42.2 Å². The fraction of sp³-hybridized carbons (Fsp3) is 0.333. The van der Waals surface area contributed by atoms with Gasteiger partial charge in [0.05, 0.1) is 0 Å². The van der Waals surface area contributed by atoms with Gasteiger partial charge < -0.3 is 0 Å². The Bertz CT molecular complexity index is 1130. The molecule has 0 amide bonds. The second kappa shape index (κ2) is 8.30. The van der Waals surface area contributed by atoms with Crippen LogP contribution in [0.3, 0.4) is 0 Å². The van der Waals surface area contributed by atoms with Gasteiger partial charge in [0.2, 0.25) is 0 Å². The second-order valence-corrected chi connectivity index (χ2v) is 10.8. The second-order valence-electron chi connectivity index (χ2n) is 7.38. The van der Waals surface area contributed by atoms with Gasteiger partial charge >= 0.3 is 181 Å². The average Bonchev–Trinajstić information content (AvgIpc) is 2.65. The standard InChI is InChI=1S/C24H24IO4/c1-4-16-5-7-18(21(11-16)22-9-10-25-22)20-13-24(27)29-23-12-17(6-8-19(20)23)28-15(3)14(2)26/h5-8,11-13,15,22H,4,9-10H2,1-3H3/q-1/t15-,22?/m1/s1. The molecule has 1 fully saturated rings. The van der Waals surface area contributed by atoms with Gasteiger partial charge in [-0.3, -0.25) is 0 Å². The maximum absolute atomic E-state index is 12.4. The van der Waals surface area contributed by atoms with E-state index >= 15 is 0 Å². The van der Waals surface area contributed by atoms with Crippen molar-refractivity contribution in [2.75, 3.05) is 4.43 Å². The van der Waals surface area contributed by atoms with Crippen LogP contribution in [-0.4, -0.2) is 16.3 Å². The summed E-state index contributed by atoms with van der Waals surface area (Å²) in [7, 11) is 0. The van der Waals surface area contributed by atoms with Crippen LogP contribution in [-0.2, 0) is 11.2 Å². The van der Waals surface area contributed by atoms with Crippen LogP contribution < -0.4 is 31.6 Å². The van der Waals surface area contributed by atoms with Crippen molar-refractivity contribution in [1.82, 2.24) is 0 Å². The number of rotatable bonds is 6. The van der Waals surface area contributed by atoms with E-state index in [-0.39, 0.29) is 32.6 Å². The molecule has 2 aromatic carbocycles. The molecule has 4 rings (SSSR count). The van der Waals surface area contributed by atoms with E-state index in [1.54, 1.807) is 19.1 Å². The number of carbonyl (C=O) groups is 1. The molecule has 1 unspecified atom stereocenters. The molecule has 29 heavy (non-hydrogen) atoms. The summed E-state index contributed by atoms with van der Waals surface area (Å²) in [5, 5.41) is 0.885. The number of hydrogen-bond donors (Lipinski definition) is 0. The Hall–Kier alpha value is -2.15.